The SMILES string of the molecule is CCCC(C)(O)CNS(=O)(=O)c1c(C)csc1C(=O)OC. The summed E-state index contributed by atoms with van der Waals surface area (Å²) < 4.78 is 31.7. The zero-order chi connectivity index (χ0) is 16.3. The van der Waals surface area contributed by atoms with Gasteiger partial charge in [0.2, 0.25) is 10.0 Å². The molecular formula is C13H21NO5S2. The van der Waals surface area contributed by atoms with Crippen LogP contribution in [0.25, 0.3) is 0 Å². The number of thiophene rings is 1. The third-order valence-corrected chi connectivity index (χ3v) is 5.78. The summed E-state index contributed by atoms with van der Waals surface area (Å²) in [5.41, 5.74) is -0.653. The molecule has 1 aromatic rings. The second kappa shape index (κ2) is 6.87. The molecule has 1 unspecified atom stereocenters. The number of hydrogen-bond donors (Lipinski definition) is 2. The molecule has 0 saturated carbocycles. The lowest BCUT2D eigenvalue weighted by Gasteiger charge is -2.23. The van der Waals surface area contributed by atoms with Crippen LogP contribution in [0.1, 0.15) is 41.9 Å². The van der Waals surface area contributed by atoms with E-state index in [4.69, 9.17) is 0 Å². The summed E-state index contributed by atoms with van der Waals surface area (Å²) in [6, 6.07) is 0. The van der Waals surface area contributed by atoms with Crippen molar-refractivity contribution in [1.29, 1.82) is 0 Å². The number of carbonyl (C=O) groups excluding carboxylic acids is 1. The average molecular weight is 335 g/mol. The zero-order valence-corrected chi connectivity index (χ0v) is 14.2. The number of nitrogens with one attached hydrogen (secondary N) is 1. The van der Waals surface area contributed by atoms with Crippen LogP contribution >= 0.6 is 11.3 Å². The predicted octanol–water partition coefficient (Wildman–Crippen LogP) is 1.67. The molecule has 0 amide bonds. The highest BCUT2D eigenvalue weighted by Gasteiger charge is 2.29. The average Bonchev–Trinajstić information content (AvgIpc) is 2.78. The first-order chi connectivity index (χ1) is 9.64. The number of methoxy groups -OCH3 is 1. The zero-order valence-electron chi connectivity index (χ0n) is 12.6. The van der Waals surface area contributed by atoms with Gasteiger partial charge in [-0.25, -0.2) is 17.9 Å². The van der Waals surface area contributed by atoms with Gasteiger partial charge in [0.05, 0.1) is 12.7 Å². The van der Waals surface area contributed by atoms with E-state index < -0.39 is 21.6 Å². The van der Waals surface area contributed by atoms with Crippen LogP contribution in [-0.4, -0.2) is 38.7 Å². The van der Waals surface area contributed by atoms with Gasteiger partial charge in [-0.15, -0.1) is 11.3 Å². The summed E-state index contributed by atoms with van der Waals surface area (Å²) in [6.45, 7) is 4.98. The second-order valence-electron chi connectivity index (χ2n) is 5.14. The van der Waals surface area contributed by atoms with Gasteiger partial charge >= 0.3 is 5.97 Å². The van der Waals surface area contributed by atoms with Crippen LogP contribution < -0.4 is 4.72 Å². The third-order valence-electron chi connectivity index (χ3n) is 2.99. The molecule has 0 aliphatic rings. The van der Waals surface area contributed by atoms with Crippen molar-refractivity contribution in [2.24, 2.45) is 0 Å². The van der Waals surface area contributed by atoms with E-state index in [9.17, 15) is 18.3 Å². The second-order valence-corrected chi connectivity index (χ2v) is 7.72. The Morgan fingerprint density at radius 2 is 2.14 bits per heavy atom. The van der Waals surface area contributed by atoms with Gasteiger partial charge in [-0.1, -0.05) is 13.3 Å². The Bertz CT molecular complexity index is 604. The standard InChI is InChI=1S/C13H21NO5S2/c1-5-6-13(3,16)8-14-21(17,18)11-9(2)7-20-10(11)12(15)19-4/h7,14,16H,5-6,8H2,1-4H3. The van der Waals surface area contributed by atoms with Crippen molar-refractivity contribution in [2.75, 3.05) is 13.7 Å². The van der Waals surface area contributed by atoms with Gasteiger partial charge < -0.3 is 9.84 Å². The number of sulfonamides is 1. The molecule has 0 aliphatic heterocycles. The minimum absolute atomic E-state index is 0.0395. The first-order valence-corrected chi connectivity index (χ1v) is 8.89. The molecule has 2 N–H and O–H groups in total. The summed E-state index contributed by atoms with van der Waals surface area (Å²) in [5, 5.41) is 11.6. The van der Waals surface area contributed by atoms with E-state index in [1.54, 1.807) is 19.2 Å². The molecule has 0 bridgehead atoms. The monoisotopic (exact) mass is 335 g/mol. The summed E-state index contributed by atoms with van der Waals surface area (Å²) >= 11 is 1.02. The van der Waals surface area contributed by atoms with Crippen molar-refractivity contribution < 1.29 is 23.1 Å². The van der Waals surface area contributed by atoms with Crippen LogP contribution in [0.4, 0.5) is 0 Å². The maximum atomic E-state index is 12.4. The van der Waals surface area contributed by atoms with Gasteiger partial charge in [-0.2, -0.15) is 0 Å². The fourth-order valence-electron chi connectivity index (χ4n) is 1.95. The molecule has 120 valence electrons. The van der Waals surface area contributed by atoms with Crippen molar-refractivity contribution in [3.05, 3.63) is 15.8 Å². The lowest BCUT2D eigenvalue weighted by atomic mass is 10.0. The Morgan fingerprint density at radius 3 is 2.67 bits per heavy atom. The van der Waals surface area contributed by atoms with Crippen LogP contribution in [0.2, 0.25) is 0 Å². The largest absolute Gasteiger partial charge is 0.465 e. The lowest BCUT2D eigenvalue weighted by molar-refractivity contribution is 0.0554. The van der Waals surface area contributed by atoms with Gasteiger partial charge in [-0.3, -0.25) is 0 Å². The highest BCUT2D eigenvalue weighted by atomic mass is 32.2. The molecule has 1 heterocycles. The Labute approximate surface area is 129 Å². The van der Waals surface area contributed by atoms with Gasteiger partial charge in [0.1, 0.15) is 9.77 Å². The van der Waals surface area contributed by atoms with Crippen molar-refractivity contribution in [2.45, 2.75) is 44.1 Å². The van der Waals surface area contributed by atoms with Crippen molar-refractivity contribution in [3.63, 3.8) is 0 Å². The highest BCUT2D eigenvalue weighted by Crippen LogP contribution is 2.27. The predicted molar refractivity (Wildman–Crippen MR) is 81.1 cm³/mol. The van der Waals surface area contributed by atoms with Gasteiger partial charge in [0, 0.05) is 6.54 Å². The van der Waals surface area contributed by atoms with E-state index in [0.29, 0.717) is 12.0 Å². The third kappa shape index (κ3) is 4.50. The molecule has 21 heavy (non-hydrogen) atoms. The topological polar surface area (TPSA) is 92.7 Å². The Balaban J connectivity index is 3.04. The van der Waals surface area contributed by atoms with E-state index in [1.807, 2.05) is 6.92 Å². The van der Waals surface area contributed by atoms with Crippen LogP contribution in [0.5, 0.6) is 0 Å². The number of aliphatic hydroxyl groups is 1. The van der Waals surface area contributed by atoms with Crippen LogP contribution in [0.15, 0.2) is 10.3 Å². The van der Waals surface area contributed by atoms with Crippen molar-refractivity contribution >= 4 is 27.3 Å². The van der Waals surface area contributed by atoms with Gasteiger partial charge in [-0.05, 0) is 31.2 Å². The molecule has 1 aromatic heterocycles. The maximum Gasteiger partial charge on any atom is 0.349 e. The number of hydrogen-bond acceptors (Lipinski definition) is 6. The molecule has 1 rings (SSSR count). The van der Waals surface area contributed by atoms with Gasteiger partial charge in [0.15, 0.2) is 0 Å². The van der Waals surface area contributed by atoms with E-state index >= 15 is 0 Å². The molecule has 0 saturated heterocycles. The molecule has 0 spiro atoms. The first-order valence-electron chi connectivity index (χ1n) is 6.53. The molecular weight excluding hydrogens is 314 g/mol. The first kappa shape index (κ1) is 18.1. The van der Waals surface area contributed by atoms with E-state index in [1.165, 1.54) is 7.11 Å². The molecule has 0 fully saturated rings. The Kier molecular flexibility index (Phi) is 5.92. The summed E-state index contributed by atoms with van der Waals surface area (Å²) in [5.74, 6) is -0.686. The molecule has 0 aromatic carbocycles. The number of carbonyl (C=O) groups is 1. The quantitative estimate of drug-likeness (QED) is 0.740. The Hall–Kier alpha value is -0.960. The molecule has 8 heteroatoms. The maximum absolute atomic E-state index is 12.4. The summed E-state index contributed by atoms with van der Waals surface area (Å²) in [4.78, 5) is 11.6. The van der Waals surface area contributed by atoms with Crippen LogP contribution in [-0.2, 0) is 14.8 Å². The Morgan fingerprint density at radius 1 is 1.52 bits per heavy atom. The minimum Gasteiger partial charge on any atom is -0.465 e. The number of rotatable bonds is 7. The van der Waals surface area contributed by atoms with Crippen LogP contribution in [0.3, 0.4) is 0 Å². The number of esters is 1. The van der Waals surface area contributed by atoms with Crippen molar-refractivity contribution in [1.82, 2.24) is 4.72 Å². The molecule has 1 atom stereocenters. The van der Waals surface area contributed by atoms with E-state index in [-0.39, 0.29) is 16.3 Å². The van der Waals surface area contributed by atoms with Gasteiger partial charge in [0.25, 0.3) is 0 Å². The summed E-state index contributed by atoms with van der Waals surface area (Å²) in [6.07, 6.45) is 1.21. The fraction of sp³-hybridized carbons (Fsp3) is 0.615. The van der Waals surface area contributed by atoms with E-state index in [0.717, 1.165) is 17.8 Å². The lowest BCUT2D eigenvalue weighted by Crippen LogP contribution is -2.40. The fourth-order valence-corrected chi connectivity index (χ4v) is 4.81. The minimum atomic E-state index is -3.89. The van der Waals surface area contributed by atoms with Crippen molar-refractivity contribution in [3.8, 4) is 0 Å². The smallest absolute Gasteiger partial charge is 0.349 e. The van der Waals surface area contributed by atoms with E-state index in [2.05, 4.69) is 9.46 Å². The highest BCUT2D eigenvalue weighted by molar-refractivity contribution is 7.89. The number of aryl methyl sites for hydroxylation is 1. The van der Waals surface area contributed by atoms with Crippen LogP contribution in [0, 0.1) is 6.92 Å². The number of ether oxygens (including phenoxy) is 1. The molecule has 0 radical (unpaired) electrons. The normalized spacial score (nSPS) is 14.7. The molecule has 0 aliphatic carbocycles. The summed E-state index contributed by atoms with van der Waals surface area (Å²) in [7, 11) is -2.68. The molecule has 6 nitrogen and oxygen atoms in total.